The molecule has 0 N–H and O–H groups in total. The lowest BCUT2D eigenvalue weighted by molar-refractivity contribution is -0.162. The SMILES string of the molecule is CCOC(=O)c1cc(C(=O)OCC)cc(C(=O)OCOC(=O)C(C)(C)CC)c1. The Morgan fingerprint density at radius 2 is 1.11 bits per heavy atom. The van der Waals surface area contributed by atoms with Crippen molar-refractivity contribution >= 4 is 23.9 Å². The summed E-state index contributed by atoms with van der Waals surface area (Å²) in [5, 5.41) is 0. The lowest BCUT2D eigenvalue weighted by Crippen LogP contribution is -2.27. The Morgan fingerprint density at radius 3 is 1.46 bits per heavy atom. The molecule has 28 heavy (non-hydrogen) atoms. The molecule has 0 aliphatic heterocycles. The van der Waals surface area contributed by atoms with Gasteiger partial charge < -0.3 is 18.9 Å². The van der Waals surface area contributed by atoms with Gasteiger partial charge in [0.25, 0.3) is 0 Å². The Hall–Kier alpha value is -2.90. The predicted octanol–water partition coefficient (Wildman–Crippen LogP) is 3.13. The van der Waals surface area contributed by atoms with Gasteiger partial charge in [-0.2, -0.15) is 0 Å². The number of ether oxygens (including phenoxy) is 4. The van der Waals surface area contributed by atoms with Crippen LogP contribution in [0.5, 0.6) is 0 Å². The van der Waals surface area contributed by atoms with Crippen LogP contribution in [0.15, 0.2) is 18.2 Å². The van der Waals surface area contributed by atoms with Crippen LogP contribution >= 0.6 is 0 Å². The molecule has 0 aliphatic carbocycles. The molecule has 1 rings (SSSR count). The van der Waals surface area contributed by atoms with Gasteiger partial charge in [0.05, 0.1) is 35.3 Å². The molecule has 154 valence electrons. The third kappa shape index (κ3) is 6.37. The Balaban J connectivity index is 2.97. The average molecular weight is 394 g/mol. The maximum absolute atomic E-state index is 12.3. The number of hydrogen-bond acceptors (Lipinski definition) is 8. The van der Waals surface area contributed by atoms with Crippen LogP contribution in [0.4, 0.5) is 0 Å². The molecule has 0 bridgehead atoms. The van der Waals surface area contributed by atoms with E-state index in [-0.39, 0.29) is 29.9 Å². The van der Waals surface area contributed by atoms with Crippen molar-refractivity contribution in [3.63, 3.8) is 0 Å². The largest absolute Gasteiger partial charge is 0.462 e. The summed E-state index contributed by atoms with van der Waals surface area (Å²) >= 11 is 0. The van der Waals surface area contributed by atoms with Gasteiger partial charge >= 0.3 is 23.9 Å². The molecule has 0 saturated carbocycles. The van der Waals surface area contributed by atoms with Crippen LogP contribution in [0.2, 0.25) is 0 Å². The quantitative estimate of drug-likeness (QED) is 0.357. The van der Waals surface area contributed by atoms with Crippen LogP contribution in [-0.2, 0) is 23.7 Å². The summed E-state index contributed by atoms with van der Waals surface area (Å²) in [6.45, 7) is 8.21. The van der Waals surface area contributed by atoms with E-state index in [0.29, 0.717) is 6.42 Å². The minimum atomic E-state index is -0.862. The molecule has 0 unspecified atom stereocenters. The minimum absolute atomic E-state index is 0.00321. The van der Waals surface area contributed by atoms with Gasteiger partial charge in [-0.3, -0.25) is 4.79 Å². The Bertz CT molecular complexity index is 699. The van der Waals surface area contributed by atoms with Crippen LogP contribution in [-0.4, -0.2) is 43.9 Å². The standard InChI is InChI=1S/C20H26O8/c1-6-20(4,5)19(24)28-12-27-18(23)15-10-13(16(21)25-7-2)9-14(11-15)17(22)26-8-3/h9-11H,6-8,12H2,1-5H3. The first kappa shape index (κ1) is 23.1. The second-order valence-electron chi connectivity index (χ2n) is 6.46. The highest BCUT2D eigenvalue weighted by molar-refractivity contribution is 6.00. The molecule has 1 aromatic carbocycles. The Kier molecular flexibility index (Phi) is 8.63. The first-order chi connectivity index (χ1) is 13.2. The van der Waals surface area contributed by atoms with Gasteiger partial charge in [-0.15, -0.1) is 0 Å². The second-order valence-corrected chi connectivity index (χ2v) is 6.46. The number of hydrogen-bond donors (Lipinski definition) is 0. The van der Waals surface area contributed by atoms with E-state index in [1.807, 2.05) is 6.92 Å². The summed E-state index contributed by atoms with van der Waals surface area (Å²) in [4.78, 5) is 48.2. The minimum Gasteiger partial charge on any atom is -0.462 e. The maximum Gasteiger partial charge on any atom is 0.341 e. The van der Waals surface area contributed by atoms with Crippen molar-refractivity contribution < 1.29 is 38.1 Å². The van der Waals surface area contributed by atoms with E-state index in [9.17, 15) is 19.2 Å². The number of carbonyl (C=O) groups is 4. The molecule has 0 fully saturated rings. The van der Waals surface area contributed by atoms with E-state index >= 15 is 0 Å². The average Bonchev–Trinajstić information content (AvgIpc) is 2.67. The third-order valence-electron chi connectivity index (χ3n) is 4.01. The summed E-state index contributed by atoms with van der Waals surface area (Å²) in [6, 6.07) is 3.75. The molecule has 0 spiro atoms. The highest BCUT2D eigenvalue weighted by Gasteiger charge is 2.27. The molecule has 8 nitrogen and oxygen atoms in total. The summed E-state index contributed by atoms with van der Waals surface area (Å²) in [6.07, 6.45) is 0.560. The van der Waals surface area contributed by atoms with Crippen LogP contribution in [0, 0.1) is 5.41 Å². The van der Waals surface area contributed by atoms with Crippen molar-refractivity contribution in [2.75, 3.05) is 20.0 Å². The lowest BCUT2D eigenvalue weighted by atomic mass is 9.91. The van der Waals surface area contributed by atoms with E-state index in [2.05, 4.69) is 0 Å². The molecule has 0 aromatic heterocycles. The van der Waals surface area contributed by atoms with Crippen LogP contribution in [0.3, 0.4) is 0 Å². The summed E-state index contributed by atoms with van der Waals surface area (Å²) in [7, 11) is 0. The zero-order valence-corrected chi connectivity index (χ0v) is 16.8. The second kappa shape index (κ2) is 10.4. The first-order valence-corrected chi connectivity index (χ1v) is 8.99. The molecule has 0 aliphatic rings. The number of benzene rings is 1. The van der Waals surface area contributed by atoms with Crippen molar-refractivity contribution in [1.82, 2.24) is 0 Å². The maximum atomic E-state index is 12.3. The topological polar surface area (TPSA) is 105 Å². The molecule has 0 saturated heterocycles. The molecule has 0 radical (unpaired) electrons. The van der Waals surface area contributed by atoms with Crippen LogP contribution in [0.25, 0.3) is 0 Å². The van der Waals surface area contributed by atoms with Gasteiger partial charge in [0.2, 0.25) is 6.79 Å². The number of rotatable bonds is 9. The molecule has 1 aromatic rings. The van der Waals surface area contributed by atoms with E-state index in [4.69, 9.17) is 18.9 Å². The van der Waals surface area contributed by atoms with E-state index in [1.165, 1.54) is 18.2 Å². The Labute approximate surface area is 164 Å². The van der Waals surface area contributed by atoms with Gasteiger partial charge in [-0.25, -0.2) is 14.4 Å². The fourth-order valence-electron chi connectivity index (χ4n) is 1.97. The van der Waals surface area contributed by atoms with E-state index < -0.39 is 36.1 Å². The summed E-state index contributed by atoms with van der Waals surface area (Å²) in [5.74, 6) is -2.76. The molecule has 8 heteroatoms. The van der Waals surface area contributed by atoms with Gasteiger partial charge in [0, 0.05) is 0 Å². The van der Waals surface area contributed by atoms with Crippen molar-refractivity contribution in [3.05, 3.63) is 34.9 Å². The normalized spacial score (nSPS) is 10.8. The fourth-order valence-corrected chi connectivity index (χ4v) is 1.97. The molecule has 0 heterocycles. The van der Waals surface area contributed by atoms with Crippen molar-refractivity contribution in [2.24, 2.45) is 5.41 Å². The van der Waals surface area contributed by atoms with E-state index in [1.54, 1.807) is 27.7 Å². The smallest absolute Gasteiger partial charge is 0.341 e. The fraction of sp³-hybridized carbons (Fsp3) is 0.500. The third-order valence-corrected chi connectivity index (χ3v) is 4.01. The zero-order valence-electron chi connectivity index (χ0n) is 16.8. The number of carbonyl (C=O) groups excluding carboxylic acids is 4. The predicted molar refractivity (Wildman–Crippen MR) is 98.8 cm³/mol. The lowest BCUT2D eigenvalue weighted by Gasteiger charge is -2.20. The van der Waals surface area contributed by atoms with Crippen molar-refractivity contribution in [3.8, 4) is 0 Å². The van der Waals surface area contributed by atoms with E-state index in [0.717, 1.165) is 0 Å². The number of esters is 4. The van der Waals surface area contributed by atoms with Gasteiger partial charge in [0.1, 0.15) is 0 Å². The van der Waals surface area contributed by atoms with Crippen molar-refractivity contribution in [1.29, 1.82) is 0 Å². The highest BCUT2D eigenvalue weighted by atomic mass is 16.7. The molecule has 0 atom stereocenters. The zero-order chi connectivity index (χ0) is 21.3. The summed E-state index contributed by atoms with van der Waals surface area (Å²) in [5.41, 5.74) is -0.765. The molecule has 0 amide bonds. The molecular formula is C20H26O8. The van der Waals surface area contributed by atoms with Gasteiger partial charge in [-0.1, -0.05) is 6.92 Å². The van der Waals surface area contributed by atoms with Crippen LogP contribution in [0.1, 0.15) is 72.1 Å². The monoisotopic (exact) mass is 394 g/mol. The highest BCUT2D eigenvalue weighted by Crippen LogP contribution is 2.21. The Morgan fingerprint density at radius 1 is 0.714 bits per heavy atom. The van der Waals surface area contributed by atoms with Gasteiger partial charge in [-0.05, 0) is 52.3 Å². The molecular weight excluding hydrogens is 368 g/mol. The van der Waals surface area contributed by atoms with Crippen molar-refractivity contribution in [2.45, 2.75) is 41.0 Å². The van der Waals surface area contributed by atoms with Crippen LogP contribution < -0.4 is 0 Å². The summed E-state index contributed by atoms with van der Waals surface area (Å²) < 4.78 is 19.7. The van der Waals surface area contributed by atoms with Gasteiger partial charge in [0.15, 0.2) is 0 Å². The first-order valence-electron chi connectivity index (χ1n) is 8.99.